The minimum atomic E-state index is -0.502. The van der Waals surface area contributed by atoms with Gasteiger partial charge in [0.05, 0.1) is 12.2 Å². The van der Waals surface area contributed by atoms with E-state index in [0.29, 0.717) is 6.54 Å². The van der Waals surface area contributed by atoms with Crippen molar-refractivity contribution in [2.75, 3.05) is 11.4 Å². The highest BCUT2D eigenvalue weighted by molar-refractivity contribution is 9.10. The minimum Gasteiger partial charge on any atom is -0.483 e. The van der Waals surface area contributed by atoms with Gasteiger partial charge in [-0.2, -0.15) is 0 Å². The number of hydrogen-bond acceptors (Lipinski definition) is 3. The van der Waals surface area contributed by atoms with Gasteiger partial charge in [0.25, 0.3) is 0 Å². The van der Waals surface area contributed by atoms with Crippen molar-refractivity contribution >= 4 is 27.7 Å². The molecule has 0 radical (unpaired) electrons. The number of nitrogens with zero attached hydrogens (tertiary/aromatic N) is 1. The van der Waals surface area contributed by atoms with Crippen molar-refractivity contribution in [1.29, 1.82) is 0 Å². The molecule has 2 aliphatic rings. The van der Waals surface area contributed by atoms with E-state index >= 15 is 0 Å². The monoisotopic (exact) mass is 353 g/mol. The number of ether oxygens (including phenoxy) is 2. The van der Waals surface area contributed by atoms with Crippen LogP contribution in [0.4, 0.5) is 10.5 Å². The van der Waals surface area contributed by atoms with Crippen molar-refractivity contribution in [3.05, 3.63) is 22.7 Å². The first-order valence-corrected chi connectivity index (χ1v) is 8.06. The molecule has 1 amide bonds. The predicted octanol–water partition coefficient (Wildman–Crippen LogP) is 4.51. The Hall–Kier alpha value is -1.23. The van der Waals surface area contributed by atoms with E-state index in [-0.39, 0.29) is 11.7 Å². The van der Waals surface area contributed by atoms with Crippen molar-refractivity contribution in [2.45, 2.75) is 51.2 Å². The van der Waals surface area contributed by atoms with E-state index in [0.717, 1.165) is 35.2 Å². The van der Waals surface area contributed by atoms with E-state index in [1.807, 2.05) is 39.0 Å². The molecule has 1 aromatic rings. The van der Waals surface area contributed by atoms with Gasteiger partial charge in [0.2, 0.25) is 0 Å². The Balaban J connectivity index is 1.94. The molecule has 114 valence electrons. The third-order valence-electron chi connectivity index (χ3n) is 3.86. The van der Waals surface area contributed by atoms with E-state index in [1.54, 1.807) is 4.90 Å². The molecule has 1 aromatic carbocycles. The Labute approximate surface area is 133 Å². The molecule has 0 atom stereocenters. The smallest absolute Gasteiger partial charge is 0.415 e. The predicted molar refractivity (Wildman–Crippen MR) is 84.9 cm³/mol. The molecule has 0 saturated heterocycles. The van der Waals surface area contributed by atoms with Gasteiger partial charge in [-0.1, -0.05) is 15.9 Å². The van der Waals surface area contributed by atoms with Crippen molar-refractivity contribution in [3.8, 4) is 5.75 Å². The highest BCUT2D eigenvalue weighted by atomic mass is 79.9. The Morgan fingerprint density at radius 3 is 2.67 bits per heavy atom. The summed E-state index contributed by atoms with van der Waals surface area (Å²) in [6.07, 6.45) is 2.81. The lowest BCUT2D eigenvalue weighted by molar-refractivity contribution is -0.0117. The lowest BCUT2D eigenvalue weighted by Crippen LogP contribution is -2.57. The molecule has 4 nitrogen and oxygen atoms in total. The summed E-state index contributed by atoms with van der Waals surface area (Å²) in [5, 5.41) is 0. The van der Waals surface area contributed by atoms with E-state index < -0.39 is 5.60 Å². The van der Waals surface area contributed by atoms with Gasteiger partial charge >= 0.3 is 6.09 Å². The summed E-state index contributed by atoms with van der Waals surface area (Å²) in [6, 6.07) is 5.74. The number of anilines is 1. The molecular weight excluding hydrogens is 334 g/mol. The van der Waals surface area contributed by atoms with E-state index in [1.165, 1.54) is 0 Å². The zero-order chi connectivity index (χ0) is 15.3. The average molecular weight is 354 g/mol. The standard InChI is InChI=1S/C16H20BrNO3/c1-15(2,3)21-14(19)18-10-16(7-4-8-16)20-13-9-11(17)5-6-12(13)18/h5-6,9H,4,7-8,10H2,1-3H3. The molecule has 5 heteroatoms. The number of rotatable bonds is 0. The molecule has 0 N–H and O–H groups in total. The SMILES string of the molecule is CC(C)(C)OC(=O)N1CC2(CCC2)Oc2cc(Br)ccc21. The van der Waals surface area contributed by atoms with Crippen molar-refractivity contribution in [2.24, 2.45) is 0 Å². The zero-order valence-corrected chi connectivity index (χ0v) is 14.2. The van der Waals surface area contributed by atoms with Crippen LogP contribution in [-0.4, -0.2) is 23.8 Å². The number of amides is 1. The molecule has 0 unspecified atom stereocenters. The second-order valence-corrected chi connectivity index (χ2v) is 7.73. The Morgan fingerprint density at radius 1 is 1.38 bits per heavy atom. The third-order valence-corrected chi connectivity index (χ3v) is 4.36. The lowest BCUT2D eigenvalue weighted by atomic mass is 9.78. The quantitative estimate of drug-likeness (QED) is 0.688. The van der Waals surface area contributed by atoms with E-state index in [9.17, 15) is 4.79 Å². The fourth-order valence-electron chi connectivity index (χ4n) is 2.74. The third kappa shape index (κ3) is 2.89. The topological polar surface area (TPSA) is 38.8 Å². The summed E-state index contributed by atoms with van der Waals surface area (Å²) in [6.45, 7) is 6.21. The molecule has 1 fully saturated rings. The van der Waals surface area contributed by atoms with Gasteiger partial charge in [0.1, 0.15) is 17.0 Å². The first-order chi connectivity index (χ1) is 9.78. The molecular formula is C16H20BrNO3. The molecule has 1 saturated carbocycles. The van der Waals surface area contributed by atoms with Gasteiger partial charge < -0.3 is 9.47 Å². The van der Waals surface area contributed by atoms with Gasteiger partial charge in [0, 0.05) is 4.47 Å². The lowest BCUT2D eigenvalue weighted by Gasteiger charge is -2.48. The van der Waals surface area contributed by atoms with Crippen LogP contribution in [0.3, 0.4) is 0 Å². The van der Waals surface area contributed by atoms with E-state index in [2.05, 4.69) is 15.9 Å². The highest BCUT2D eigenvalue weighted by Gasteiger charge is 2.47. The number of halogens is 1. The van der Waals surface area contributed by atoms with Gasteiger partial charge in [-0.25, -0.2) is 4.79 Å². The Kier molecular flexibility index (Phi) is 3.43. The number of carbonyl (C=O) groups is 1. The summed E-state index contributed by atoms with van der Waals surface area (Å²) in [5.41, 5.74) is 0.0486. The summed E-state index contributed by atoms with van der Waals surface area (Å²) in [7, 11) is 0. The second kappa shape index (κ2) is 4.90. The Bertz CT molecular complexity index is 575. The van der Waals surface area contributed by atoms with Crippen molar-refractivity contribution in [3.63, 3.8) is 0 Å². The maximum atomic E-state index is 12.5. The highest BCUT2D eigenvalue weighted by Crippen LogP contribution is 2.46. The normalized spacial score (nSPS) is 19.5. The van der Waals surface area contributed by atoms with Crippen LogP contribution in [0.25, 0.3) is 0 Å². The molecule has 3 rings (SSSR count). The molecule has 1 spiro atoms. The zero-order valence-electron chi connectivity index (χ0n) is 12.6. The Morgan fingerprint density at radius 2 is 2.10 bits per heavy atom. The number of fused-ring (bicyclic) bond motifs is 1. The van der Waals surface area contributed by atoms with Crippen molar-refractivity contribution < 1.29 is 14.3 Å². The van der Waals surface area contributed by atoms with Crippen LogP contribution in [0, 0.1) is 0 Å². The second-order valence-electron chi connectivity index (χ2n) is 6.82. The van der Waals surface area contributed by atoms with Crippen LogP contribution in [-0.2, 0) is 4.74 Å². The summed E-state index contributed by atoms with van der Waals surface area (Å²) in [5.74, 6) is 0.751. The molecule has 21 heavy (non-hydrogen) atoms. The van der Waals surface area contributed by atoms with Crippen molar-refractivity contribution in [1.82, 2.24) is 0 Å². The maximum Gasteiger partial charge on any atom is 0.415 e. The largest absolute Gasteiger partial charge is 0.483 e. The first kappa shape index (κ1) is 14.7. The fourth-order valence-corrected chi connectivity index (χ4v) is 3.08. The summed E-state index contributed by atoms with van der Waals surface area (Å²) < 4.78 is 12.7. The first-order valence-electron chi connectivity index (χ1n) is 7.27. The molecule has 1 heterocycles. The molecule has 1 aliphatic carbocycles. The van der Waals surface area contributed by atoms with Gasteiger partial charge in [0.15, 0.2) is 0 Å². The van der Waals surface area contributed by atoms with Crippen LogP contribution in [0.15, 0.2) is 22.7 Å². The van der Waals surface area contributed by atoms with Crippen LogP contribution in [0.2, 0.25) is 0 Å². The number of hydrogen-bond donors (Lipinski definition) is 0. The van der Waals surface area contributed by atoms with E-state index in [4.69, 9.17) is 9.47 Å². The average Bonchev–Trinajstić information content (AvgIpc) is 2.33. The van der Waals surface area contributed by atoms with Gasteiger partial charge in [-0.3, -0.25) is 4.90 Å². The van der Waals surface area contributed by atoms with Crippen LogP contribution in [0.5, 0.6) is 5.75 Å². The van der Waals surface area contributed by atoms with Crippen LogP contribution < -0.4 is 9.64 Å². The molecule has 1 aliphatic heterocycles. The number of benzene rings is 1. The molecule has 0 bridgehead atoms. The van der Waals surface area contributed by atoms with Crippen LogP contribution in [0.1, 0.15) is 40.0 Å². The van der Waals surface area contributed by atoms with Gasteiger partial charge in [-0.05, 0) is 58.2 Å². The fraction of sp³-hybridized carbons (Fsp3) is 0.562. The minimum absolute atomic E-state index is 0.231. The summed E-state index contributed by atoms with van der Waals surface area (Å²) >= 11 is 3.46. The maximum absolute atomic E-state index is 12.5. The van der Waals surface area contributed by atoms with Crippen LogP contribution >= 0.6 is 15.9 Å². The molecule has 0 aromatic heterocycles. The summed E-state index contributed by atoms with van der Waals surface area (Å²) in [4.78, 5) is 14.2. The van der Waals surface area contributed by atoms with Gasteiger partial charge in [-0.15, -0.1) is 0 Å². The number of carbonyl (C=O) groups excluding carboxylic acids is 1.